The fourth-order valence-electron chi connectivity index (χ4n) is 4.68. The third kappa shape index (κ3) is 7.14. The minimum atomic E-state index is -4.14. The second kappa shape index (κ2) is 13.2. The van der Waals surface area contributed by atoms with Crippen LogP contribution in [0, 0.1) is 0 Å². The number of rotatable bonds is 11. The number of nitrogens with zero attached hydrogens (tertiary/aromatic N) is 2. The molecule has 0 bridgehead atoms. The van der Waals surface area contributed by atoms with Crippen molar-refractivity contribution in [3.05, 3.63) is 125 Å². The Morgan fingerprint density at radius 3 is 2.02 bits per heavy atom. The Morgan fingerprint density at radius 1 is 0.837 bits per heavy atom. The number of hydrogen-bond donors (Lipinski definition) is 1. The molecule has 1 aromatic heterocycles. The summed E-state index contributed by atoms with van der Waals surface area (Å²) in [5.74, 6) is 1.01. The van der Waals surface area contributed by atoms with Crippen LogP contribution in [0.4, 0.5) is 5.69 Å². The smallest absolute Gasteiger partial charge is 0.245 e. The van der Waals surface area contributed by atoms with Crippen LogP contribution < -0.4 is 14.8 Å². The standard InChI is InChI=1S/C33H30ClN3O5S/c1-41-28-13-9-23(10-14-28)21-37(22-24-11-15-29(42-2)16-12-24)43(39,40)31-20-27(18-26-7-5-17-35-33(26)31)36-32(38)19-25-6-3-4-8-30(25)34/h3-18,20H,19,21-22H2,1-2H3,(H,36,38). The van der Waals surface area contributed by atoms with Crippen LogP contribution in [-0.2, 0) is 34.3 Å². The van der Waals surface area contributed by atoms with Crippen molar-refractivity contribution in [2.75, 3.05) is 19.5 Å². The molecule has 4 aromatic carbocycles. The maximum atomic E-state index is 14.5. The number of fused-ring (bicyclic) bond motifs is 1. The molecule has 8 nitrogen and oxygen atoms in total. The summed E-state index contributed by atoms with van der Waals surface area (Å²) in [5.41, 5.74) is 2.87. The first-order valence-electron chi connectivity index (χ1n) is 13.4. The molecule has 0 fully saturated rings. The van der Waals surface area contributed by atoms with E-state index < -0.39 is 10.0 Å². The number of benzene rings is 4. The topological polar surface area (TPSA) is 97.8 Å². The van der Waals surface area contributed by atoms with Crippen molar-refractivity contribution in [1.29, 1.82) is 0 Å². The highest BCUT2D eigenvalue weighted by atomic mass is 35.5. The van der Waals surface area contributed by atoms with Gasteiger partial charge in [0.05, 0.1) is 26.2 Å². The largest absolute Gasteiger partial charge is 0.497 e. The number of sulfonamides is 1. The average molecular weight is 616 g/mol. The fourth-order valence-corrected chi connectivity index (χ4v) is 6.49. The van der Waals surface area contributed by atoms with Crippen LogP contribution in [0.3, 0.4) is 0 Å². The minimum absolute atomic E-state index is 0.0133. The van der Waals surface area contributed by atoms with E-state index in [0.717, 1.165) is 11.1 Å². The molecule has 1 N–H and O–H groups in total. The van der Waals surface area contributed by atoms with Gasteiger partial charge in [-0.05, 0) is 65.2 Å². The van der Waals surface area contributed by atoms with Crippen molar-refractivity contribution in [2.45, 2.75) is 24.4 Å². The van der Waals surface area contributed by atoms with Gasteiger partial charge in [0.1, 0.15) is 16.4 Å². The first-order valence-corrected chi connectivity index (χ1v) is 15.3. The highest BCUT2D eigenvalue weighted by Crippen LogP contribution is 2.31. The lowest BCUT2D eigenvalue weighted by Crippen LogP contribution is -2.30. The maximum Gasteiger partial charge on any atom is 0.245 e. The molecule has 1 heterocycles. The van der Waals surface area contributed by atoms with Gasteiger partial charge >= 0.3 is 0 Å². The quantitative estimate of drug-likeness (QED) is 0.183. The Hall–Kier alpha value is -4.44. The summed E-state index contributed by atoms with van der Waals surface area (Å²) in [6, 6.07) is 28.2. The molecule has 43 heavy (non-hydrogen) atoms. The number of halogens is 1. The fraction of sp³-hybridized carbons (Fsp3) is 0.152. The van der Waals surface area contributed by atoms with Crippen molar-refractivity contribution in [1.82, 2.24) is 9.29 Å². The summed E-state index contributed by atoms with van der Waals surface area (Å²) in [6.07, 6.45) is 1.59. The Kier molecular flexibility index (Phi) is 9.25. The van der Waals surface area contributed by atoms with Gasteiger partial charge in [0.2, 0.25) is 15.9 Å². The van der Waals surface area contributed by atoms with Gasteiger partial charge in [0.15, 0.2) is 0 Å². The maximum absolute atomic E-state index is 14.5. The SMILES string of the molecule is COc1ccc(CN(Cc2ccc(OC)cc2)S(=O)(=O)c2cc(NC(=O)Cc3ccccc3Cl)cc3cccnc23)cc1. The zero-order chi connectivity index (χ0) is 30.4. The molecule has 0 radical (unpaired) electrons. The molecule has 0 saturated carbocycles. The predicted octanol–water partition coefficient (Wildman–Crippen LogP) is 6.48. The summed E-state index contributed by atoms with van der Waals surface area (Å²) in [5, 5.41) is 3.91. The van der Waals surface area contributed by atoms with Crippen LogP contribution in [0.5, 0.6) is 11.5 Å². The molecule has 0 spiro atoms. The number of pyridine rings is 1. The highest BCUT2D eigenvalue weighted by molar-refractivity contribution is 7.89. The number of ether oxygens (including phenoxy) is 2. The van der Waals surface area contributed by atoms with E-state index in [9.17, 15) is 13.2 Å². The van der Waals surface area contributed by atoms with Crippen LogP contribution in [0.1, 0.15) is 16.7 Å². The van der Waals surface area contributed by atoms with Crippen molar-refractivity contribution in [3.8, 4) is 11.5 Å². The van der Waals surface area contributed by atoms with Gasteiger partial charge in [0, 0.05) is 35.4 Å². The molecule has 5 aromatic rings. The third-order valence-corrected chi connectivity index (χ3v) is 9.09. The molecule has 0 aliphatic rings. The number of hydrogen-bond acceptors (Lipinski definition) is 6. The molecular formula is C33H30ClN3O5S. The summed E-state index contributed by atoms with van der Waals surface area (Å²) >= 11 is 6.25. The lowest BCUT2D eigenvalue weighted by atomic mass is 10.1. The summed E-state index contributed by atoms with van der Waals surface area (Å²) in [6.45, 7) is 0.186. The second-order valence-corrected chi connectivity index (χ2v) is 12.1. The number of aromatic nitrogens is 1. The van der Waals surface area contributed by atoms with E-state index in [0.29, 0.717) is 38.7 Å². The van der Waals surface area contributed by atoms with Crippen LogP contribution in [-0.4, -0.2) is 37.8 Å². The van der Waals surface area contributed by atoms with E-state index >= 15 is 0 Å². The van der Waals surface area contributed by atoms with Crippen LogP contribution in [0.15, 0.2) is 108 Å². The number of carbonyl (C=O) groups is 1. The average Bonchev–Trinajstić information content (AvgIpc) is 3.02. The zero-order valence-electron chi connectivity index (χ0n) is 23.7. The van der Waals surface area contributed by atoms with E-state index in [-0.39, 0.29) is 30.3 Å². The molecule has 0 unspecified atom stereocenters. The van der Waals surface area contributed by atoms with E-state index in [2.05, 4.69) is 10.3 Å². The molecular weight excluding hydrogens is 586 g/mol. The lowest BCUT2D eigenvalue weighted by Gasteiger charge is -2.24. The molecule has 1 amide bonds. The van der Waals surface area contributed by atoms with Crippen LogP contribution >= 0.6 is 11.6 Å². The number of anilines is 1. The van der Waals surface area contributed by atoms with E-state index in [1.54, 1.807) is 87.1 Å². The van der Waals surface area contributed by atoms with Crippen molar-refractivity contribution in [3.63, 3.8) is 0 Å². The van der Waals surface area contributed by atoms with Crippen molar-refractivity contribution >= 4 is 44.1 Å². The van der Waals surface area contributed by atoms with Gasteiger partial charge in [-0.25, -0.2) is 8.42 Å². The van der Waals surface area contributed by atoms with Gasteiger partial charge in [0.25, 0.3) is 0 Å². The Morgan fingerprint density at radius 2 is 1.44 bits per heavy atom. The molecule has 0 aliphatic carbocycles. The Labute approximate surface area is 255 Å². The first kappa shape index (κ1) is 30.0. The van der Waals surface area contributed by atoms with Crippen LogP contribution in [0.2, 0.25) is 5.02 Å². The minimum Gasteiger partial charge on any atom is -0.497 e. The van der Waals surface area contributed by atoms with Gasteiger partial charge in [-0.2, -0.15) is 4.31 Å². The predicted molar refractivity (Wildman–Crippen MR) is 168 cm³/mol. The summed E-state index contributed by atoms with van der Waals surface area (Å²) in [4.78, 5) is 17.4. The van der Waals surface area contributed by atoms with Gasteiger partial charge < -0.3 is 14.8 Å². The normalized spacial score (nSPS) is 11.4. The van der Waals surface area contributed by atoms with Gasteiger partial charge in [-0.15, -0.1) is 0 Å². The highest BCUT2D eigenvalue weighted by Gasteiger charge is 2.28. The molecule has 0 atom stereocenters. The second-order valence-electron chi connectivity index (χ2n) is 9.84. The zero-order valence-corrected chi connectivity index (χ0v) is 25.2. The Balaban J connectivity index is 1.53. The van der Waals surface area contributed by atoms with E-state index in [1.165, 1.54) is 10.4 Å². The summed E-state index contributed by atoms with van der Waals surface area (Å²) < 4.78 is 40.9. The number of methoxy groups -OCH3 is 2. The van der Waals surface area contributed by atoms with Crippen molar-refractivity contribution in [2.24, 2.45) is 0 Å². The van der Waals surface area contributed by atoms with E-state index in [1.807, 2.05) is 24.3 Å². The third-order valence-electron chi connectivity index (χ3n) is 6.92. The number of amides is 1. The Bertz CT molecular complexity index is 1800. The summed E-state index contributed by atoms with van der Waals surface area (Å²) in [7, 11) is -0.989. The molecule has 5 rings (SSSR count). The molecule has 220 valence electrons. The molecule has 0 aliphatic heterocycles. The monoisotopic (exact) mass is 615 g/mol. The number of nitrogens with one attached hydrogen (secondary N) is 1. The number of carbonyl (C=O) groups excluding carboxylic acids is 1. The lowest BCUT2D eigenvalue weighted by molar-refractivity contribution is -0.115. The molecule has 10 heteroatoms. The van der Waals surface area contributed by atoms with Gasteiger partial charge in [-0.3, -0.25) is 9.78 Å². The molecule has 0 saturated heterocycles. The van der Waals surface area contributed by atoms with Crippen LogP contribution in [0.25, 0.3) is 10.9 Å². The van der Waals surface area contributed by atoms with Crippen molar-refractivity contribution < 1.29 is 22.7 Å². The van der Waals surface area contributed by atoms with E-state index in [4.69, 9.17) is 21.1 Å². The van der Waals surface area contributed by atoms with Gasteiger partial charge in [-0.1, -0.05) is 60.1 Å². The first-order chi connectivity index (χ1) is 20.8.